The minimum absolute atomic E-state index is 0.0858. The summed E-state index contributed by atoms with van der Waals surface area (Å²) in [6.45, 7) is 10.5. The van der Waals surface area contributed by atoms with Crippen molar-refractivity contribution in [3.8, 4) is 5.75 Å². The largest absolute Gasteiger partial charge is 0.494 e. The van der Waals surface area contributed by atoms with Crippen LogP contribution in [0.5, 0.6) is 5.75 Å². The summed E-state index contributed by atoms with van der Waals surface area (Å²) in [5, 5.41) is 0. The van der Waals surface area contributed by atoms with Crippen molar-refractivity contribution in [2.24, 2.45) is 0 Å². The molecule has 1 unspecified atom stereocenters. The van der Waals surface area contributed by atoms with Crippen LogP contribution in [0.25, 0.3) is 0 Å². The molecule has 2 rings (SSSR count). The minimum Gasteiger partial charge on any atom is -0.494 e. The van der Waals surface area contributed by atoms with Crippen LogP contribution in [0.4, 0.5) is 0 Å². The molecule has 0 spiro atoms. The van der Waals surface area contributed by atoms with Gasteiger partial charge in [-0.05, 0) is 52.1 Å². The summed E-state index contributed by atoms with van der Waals surface area (Å²) >= 11 is 0. The Hall–Kier alpha value is -1.06. The summed E-state index contributed by atoms with van der Waals surface area (Å²) in [4.78, 5) is 4.87. The molecule has 19 heavy (non-hydrogen) atoms. The number of hydrogen-bond acceptors (Lipinski definition) is 3. The SMILES string of the molecule is CCOc1ccc(C2(C)CN(C)CCN2C)cc1C. The lowest BCUT2D eigenvalue weighted by atomic mass is 9.87. The predicted molar refractivity (Wildman–Crippen MR) is 79.8 cm³/mol. The molecule has 3 nitrogen and oxygen atoms in total. The van der Waals surface area contributed by atoms with Crippen LogP contribution < -0.4 is 4.74 Å². The second-order valence-corrected chi connectivity index (χ2v) is 5.85. The Labute approximate surface area is 117 Å². The average Bonchev–Trinajstić information content (AvgIpc) is 2.37. The third-order valence-electron chi connectivity index (χ3n) is 4.33. The number of benzene rings is 1. The molecule has 1 aliphatic rings. The molecule has 1 saturated heterocycles. The van der Waals surface area contributed by atoms with Crippen LogP contribution in [0.2, 0.25) is 0 Å². The van der Waals surface area contributed by atoms with E-state index in [1.165, 1.54) is 11.1 Å². The van der Waals surface area contributed by atoms with Crippen molar-refractivity contribution in [3.05, 3.63) is 29.3 Å². The molecular weight excluding hydrogens is 236 g/mol. The van der Waals surface area contributed by atoms with Crippen molar-refractivity contribution in [1.82, 2.24) is 9.80 Å². The molecule has 0 aromatic heterocycles. The van der Waals surface area contributed by atoms with Gasteiger partial charge in [0.25, 0.3) is 0 Å². The molecule has 1 aromatic rings. The molecule has 1 fully saturated rings. The second kappa shape index (κ2) is 5.51. The number of rotatable bonds is 3. The fourth-order valence-electron chi connectivity index (χ4n) is 2.91. The van der Waals surface area contributed by atoms with E-state index in [4.69, 9.17) is 4.74 Å². The number of piperazine rings is 1. The van der Waals surface area contributed by atoms with Crippen LogP contribution in [0.1, 0.15) is 25.0 Å². The Morgan fingerprint density at radius 3 is 2.63 bits per heavy atom. The summed E-state index contributed by atoms with van der Waals surface area (Å²) in [5.74, 6) is 1.00. The fraction of sp³-hybridized carbons (Fsp3) is 0.625. The first-order chi connectivity index (χ1) is 8.97. The lowest BCUT2D eigenvalue weighted by molar-refractivity contribution is 0.0379. The van der Waals surface area contributed by atoms with Gasteiger partial charge in [-0.15, -0.1) is 0 Å². The van der Waals surface area contributed by atoms with Crippen molar-refractivity contribution in [2.45, 2.75) is 26.3 Å². The lowest BCUT2D eigenvalue weighted by Gasteiger charge is -2.47. The molecule has 0 bridgehead atoms. The Bertz CT molecular complexity index is 446. The summed E-state index contributed by atoms with van der Waals surface area (Å²) < 4.78 is 5.64. The highest BCUT2D eigenvalue weighted by Gasteiger charge is 2.36. The Kier molecular flexibility index (Phi) is 4.16. The number of likely N-dealkylation sites (N-methyl/N-ethyl adjacent to an activating group) is 2. The first kappa shape index (κ1) is 14.4. The van der Waals surface area contributed by atoms with Gasteiger partial charge in [0.15, 0.2) is 0 Å². The van der Waals surface area contributed by atoms with Gasteiger partial charge in [0.2, 0.25) is 0 Å². The van der Waals surface area contributed by atoms with Gasteiger partial charge in [0.05, 0.1) is 12.1 Å². The van der Waals surface area contributed by atoms with E-state index >= 15 is 0 Å². The number of ether oxygens (including phenoxy) is 1. The smallest absolute Gasteiger partial charge is 0.122 e. The van der Waals surface area contributed by atoms with Gasteiger partial charge in [0.1, 0.15) is 5.75 Å². The van der Waals surface area contributed by atoms with Gasteiger partial charge in [-0.1, -0.05) is 12.1 Å². The van der Waals surface area contributed by atoms with E-state index in [1.54, 1.807) is 0 Å². The molecule has 1 heterocycles. The number of aryl methyl sites for hydroxylation is 1. The van der Waals surface area contributed by atoms with Gasteiger partial charge in [-0.25, -0.2) is 0 Å². The van der Waals surface area contributed by atoms with Crippen molar-refractivity contribution in [3.63, 3.8) is 0 Å². The van der Waals surface area contributed by atoms with Crippen LogP contribution in [0.3, 0.4) is 0 Å². The van der Waals surface area contributed by atoms with Gasteiger partial charge in [-0.2, -0.15) is 0 Å². The predicted octanol–water partition coefficient (Wildman–Crippen LogP) is 2.49. The Morgan fingerprint density at radius 2 is 2.00 bits per heavy atom. The summed E-state index contributed by atoms with van der Waals surface area (Å²) in [6.07, 6.45) is 0. The van der Waals surface area contributed by atoms with E-state index in [2.05, 4.69) is 55.9 Å². The van der Waals surface area contributed by atoms with Crippen LogP contribution in [-0.4, -0.2) is 50.1 Å². The van der Waals surface area contributed by atoms with Crippen LogP contribution in [0.15, 0.2) is 18.2 Å². The van der Waals surface area contributed by atoms with E-state index in [1.807, 2.05) is 6.92 Å². The summed E-state index contributed by atoms with van der Waals surface area (Å²) in [5.41, 5.74) is 2.69. The molecule has 1 atom stereocenters. The zero-order valence-electron chi connectivity index (χ0n) is 12.9. The van der Waals surface area contributed by atoms with E-state index in [-0.39, 0.29) is 5.54 Å². The highest BCUT2D eigenvalue weighted by molar-refractivity contribution is 5.39. The molecule has 1 aromatic carbocycles. The van der Waals surface area contributed by atoms with Gasteiger partial charge >= 0.3 is 0 Å². The molecule has 3 heteroatoms. The standard InChI is InChI=1S/C16H26N2O/c1-6-19-15-8-7-14(11-13(15)2)16(3)12-17(4)9-10-18(16)5/h7-8,11H,6,9-10,12H2,1-5H3. The number of nitrogens with zero attached hydrogens (tertiary/aromatic N) is 2. The third kappa shape index (κ3) is 2.77. The zero-order chi connectivity index (χ0) is 14.0. The summed E-state index contributed by atoms with van der Waals surface area (Å²) in [6, 6.07) is 6.61. The van der Waals surface area contributed by atoms with Crippen molar-refractivity contribution in [1.29, 1.82) is 0 Å². The van der Waals surface area contributed by atoms with E-state index in [0.717, 1.165) is 32.0 Å². The van der Waals surface area contributed by atoms with Crippen molar-refractivity contribution < 1.29 is 4.74 Å². The molecule has 0 N–H and O–H groups in total. The third-order valence-corrected chi connectivity index (χ3v) is 4.33. The van der Waals surface area contributed by atoms with Crippen LogP contribution in [0, 0.1) is 6.92 Å². The summed E-state index contributed by atoms with van der Waals surface area (Å²) in [7, 11) is 4.42. The molecule has 106 valence electrons. The molecule has 1 aliphatic heterocycles. The zero-order valence-corrected chi connectivity index (χ0v) is 12.9. The van der Waals surface area contributed by atoms with Crippen molar-refractivity contribution >= 4 is 0 Å². The van der Waals surface area contributed by atoms with Gasteiger partial charge in [0, 0.05) is 19.6 Å². The Morgan fingerprint density at radius 1 is 1.26 bits per heavy atom. The van der Waals surface area contributed by atoms with Gasteiger partial charge in [-0.3, -0.25) is 4.90 Å². The monoisotopic (exact) mass is 262 g/mol. The highest BCUT2D eigenvalue weighted by atomic mass is 16.5. The molecular formula is C16H26N2O. The van der Waals surface area contributed by atoms with E-state index in [9.17, 15) is 0 Å². The first-order valence-corrected chi connectivity index (χ1v) is 7.11. The maximum Gasteiger partial charge on any atom is 0.122 e. The van der Waals surface area contributed by atoms with Crippen LogP contribution in [-0.2, 0) is 5.54 Å². The minimum atomic E-state index is 0.0858. The lowest BCUT2D eigenvalue weighted by Crippen LogP contribution is -2.56. The normalized spacial score (nSPS) is 25.5. The second-order valence-electron chi connectivity index (χ2n) is 5.85. The maximum atomic E-state index is 5.64. The maximum absolute atomic E-state index is 5.64. The van der Waals surface area contributed by atoms with E-state index < -0.39 is 0 Å². The first-order valence-electron chi connectivity index (χ1n) is 7.11. The van der Waals surface area contributed by atoms with E-state index in [0.29, 0.717) is 0 Å². The topological polar surface area (TPSA) is 15.7 Å². The molecule has 0 saturated carbocycles. The van der Waals surface area contributed by atoms with Crippen LogP contribution >= 0.6 is 0 Å². The van der Waals surface area contributed by atoms with Gasteiger partial charge < -0.3 is 9.64 Å². The fourth-order valence-corrected chi connectivity index (χ4v) is 2.91. The molecule has 0 radical (unpaired) electrons. The quantitative estimate of drug-likeness (QED) is 0.832. The average molecular weight is 262 g/mol. The van der Waals surface area contributed by atoms with Crippen molar-refractivity contribution in [2.75, 3.05) is 40.3 Å². The number of hydrogen-bond donors (Lipinski definition) is 0. The highest BCUT2D eigenvalue weighted by Crippen LogP contribution is 2.33. The molecule has 0 amide bonds. The molecule has 0 aliphatic carbocycles. The Balaban J connectivity index is 2.32.